The molecule has 0 atom stereocenters. The summed E-state index contributed by atoms with van der Waals surface area (Å²) in [6.07, 6.45) is 4.74. The van der Waals surface area contributed by atoms with Gasteiger partial charge in [0.25, 0.3) is 5.91 Å². The quantitative estimate of drug-likeness (QED) is 0.406. The lowest BCUT2D eigenvalue weighted by molar-refractivity contribution is 0.102. The molecule has 1 amide bonds. The van der Waals surface area contributed by atoms with Gasteiger partial charge in [0.2, 0.25) is 5.69 Å². The predicted molar refractivity (Wildman–Crippen MR) is 125 cm³/mol. The van der Waals surface area contributed by atoms with Crippen molar-refractivity contribution in [3.63, 3.8) is 0 Å². The average molecular weight is 434 g/mol. The van der Waals surface area contributed by atoms with Gasteiger partial charge in [0.05, 0.1) is 30.7 Å². The topological polar surface area (TPSA) is 107 Å². The molecular weight excluding hydrogens is 416 g/mol. The van der Waals surface area contributed by atoms with E-state index in [9.17, 15) is 4.79 Å². The Labute approximate surface area is 188 Å². The first-order valence-corrected chi connectivity index (χ1v) is 10.1. The van der Waals surface area contributed by atoms with E-state index in [-0.39, 0.29) is 11.7 Å². The normalized spacial score (nSPS) is 10.8. The number of benzene rings is 2. The van der Waals surface area contributed by atoms with Crippen LogP contribution in [0.1, 0.15) is 15.9 Å². The van der Waals surface area contributed by atoms with Crippen LogP contribution >= 0.6 is 0 Å². The minimum atomic E-state index is -0.267. The summed E-state index contributed by atoms with van der Waals surface area (Å²) >= 11 is 0. The van der Waals surface area contributed by atoms with Crippen LogP contribution in [0.15, 0.2) is 79.4 Å². The number of anilines is 2. The van der Waals surface area contributed by atoms with Crippen LogP contribution in [-0.4, -0.2) is 30.3 Å². The first-order chi connectivity index (χ1) is 16.1. The van der Waals surface area contributed by atoms with Gasteiger partial charge in [-0.2, -0.15) is 10.2 Å². The van der Waals surface area contributed by atoms with E-state index in [1.807, 2.05) is 36.4 Å². The summed E-state index contributed by atoms with van der Waals surface area (Å²) < 4.78 is 3.34. The molecule has 0 radical (unpaired) electrons. The Bertz CT molecular complexity index is 1510. The van der Waals surface area contributed by atoms with Crippen LogP contribution in [0.5, 0.6) is 0 Å². The van der Waals surface area contributed by atoms with Crippen molar-refractivity contribution in [1.29, 1.82) is 0 Å². The summed E-state index contributed by atoms with van der Waals surface area (Å²) in [5.41, 5.74) is 10.3. The maximum absolute atomic E-state index is 12.9. The van der Waals surface area contributed by atoms with Gasteiger partial charge in [0, 0.05) is 11.8 Å². The van der Waals surface area contributed by atoms with Crippen molar-refractivity contribution < 1.29 is 4.79 Å². The van der Waals surface area contributed by atoms with Gasteiger partial charge in [-0.3, -0.25) is 9.48 Å². The number of amides is 1. The number of fused-ring (bicyclic) bond motifs is 1. The number of nitrogens with two attached hydrogens (primary N) is 1. The molecule has 3 N–H and O–H groups in total. The zero-order valence-electron chi connectivity index (χ0n) is 17.4. The molecule has 0 unspecified atom stereocenters. The molecule has 9 nitrogen and oxygen atoms in total. The minimum Gasteiger partial charge on any atom is -0.383 e. The zero-order valence-corrected chi connectivity index (χ0v) is 17.4. The van der Waals surface area contributed by atoms with Gasteiger partial charge in [0.1, 0.15) is 17.7 Å². The highest BCUT2D eigenvalue weighted by atomic mass is 16.1. The fourth-order valence-electron chi connectivity index (χ4n) is 3.65. The van der Waals surface area contributed by atoms with E-state index in [2.05, 4.69) is 25.3 Å². The number of nitrogens with one attached hydrogen (secondary N) is 1. The van der Waals surface area contributed by atoms with Gasteiger partial charge in [-0.1, -0.05) is 42.5 Å². The molecule has 2 aromatic carbocycles. The highest BCUT2D eigenvalue weighted by Gasteiger charge is 2.16. The molecule has 0 aliphatic heterocycles. The van der Waals surface area contributed by atoms with Crippen LogP contribution in [0.3, 0.4) is 0 Å². The standard InChI is InChI=1S/C24H18N8O/c1-26-20-11-21(32-22(20)23(25)27-15-29-32)17-8-5-9-18(10-17)24(33)30-19-12-28-31(14-19)13-16-6-3-2-4-7-16/h2-12,14-15H,13H2,(H,30,33)(H2,25,27,29). The van der Waals surface area contributed by atoms with E-state index in [0.717, 1.165) is 11.1 Å². The van der Waals surface area contributed by atoms with Gasteiger partial charge in [-0.15, -0.1) is 0 Å². The van der Waals surface area contributed by atoms with Crippen molar-refractivity contribution in [1.82, 2.24) is 24.4 Å². The molecule has 9 heteroatoms. The fourth-order valence-corrected chi connectivity index (χ4v) is 3.65. The third kappa shape index (κ3) is 3.88. The highest BCUT2D eigenvalue weighted by Crippen LogP contribution is 2.33. The Morgan fingerprint density at radius 2 is 1.94 bits per heavy atom. The van der Waals surface area contributed by atoms with Crippen molar-refractivity contribution in [2.24, 2.45) is 0 Å². The Balaban J connectivity index is 1.39. The molecule has 3 aromatic heterocycles. The Kier molecular flexibility index (Phi) is 5.01. The number of carbonyl (C=O) groups is 1. The second-order valence-corrected chi connectivity index (χ2v) is 7.38. The second kappa shape index (κ2) is 8.28. The largest absolute Gasteiger partial charge is 0.383 e. The van der Waals surface area contributed by atoms with E-state index in [1.54, 1.807) is 45.9 Å². The molecular formula is C24H18N8O. The summed E-state index contributed by atoms with van der Waals surface area (Å²) in [4.78, 5) is 20.4. The van der Waals surface area contributed by atoms with Gasteiger partial charge < -0.3 is 11.1 Å². The van der Waals surface area contributed by atoms with Crippen molar-refractivity contribution >= 4 is 28.6 Å². The van der Waals surface area contributed by atoms with Crippen LogP contribution in [0.4, 0.5) is 17.2 Å². The van der Waals surface area contributed by atoms with Crippen LogP contribution < -0.4 is 11.1 Å². The van der Waals surface area contributed by atoms with Crippen LogP contribution in [0.25, 0.3) is 21.6 Å². The zero-order chi connectivity index (χ0) is 22.8. The molecule has 0 bridgehead atoms. The van der Waals surface area contributed by atoms with Crippen LogP contribution in [0, 0.1) is 6.57 Å². The Hall–Kier alpha value is -4.97. The van der Waals surface area contributed by atoms with Crippen molar-refractivity contribution in [2.75, 3.05) is 11.1 Å². The smallest absolute Gasteiger partial charge is 0.255 e. The highest BCUT2D eigenvalue weighted by molar-refractivity contribution is 6.05. The maximum Gasteiger partial charge on any atom is 0.255 e. The maximum atomic E-state index is 12.9. The number of rotatable bonds is 5. The molecule has 0 saturated heterocycles. The number of hydrogen-bond donors (Lipinski definition) is 2. The molecule has 5 aromatic rings. The van der Waals surface area contributed by atoms with Crippen molar-refractivity contribution in [3.05, 3.63) is 102 Å². The molecule has 3 heterocycles. The Morgan fingerprint density at radius 1 is 1.09 bits per heavy atom. The SMILES string of the molecule is [C-]#[N+]c1cc(-c2cccc(C(=O)Nc3cnn(Cc4ccccc4)c3)c2)n2ncnc(N)c12. The van der Waals surface area contributed by atoms with Crippen LogP contribution in [0.2, 0.25) is 0 Å². The lowest BCUT2D eigenvalue weighted by Crippen LogP contribution is -2.11. The number of nitrogen functional groups attached to an aromatic ring is 1. The number of nitrogens with zero attached hydrogens (tertiary/aromatic N) is 6. The van der Waals surface area contributed by atoms with E-state index < -0.39 is 0 Å². The number of hydrogen-bond acceptors (Lipinski definition) is 5. The summed E-state index contributed by atoms with van der Waals surface area (Å²) in [6.45, 7) is 8.05. The third-order valence-electron chi connectivity index (χ3n) is 5.18. The monoisotopic (exact) mass is 434 g/mol. The molecule has 33 heavy (non-hydrogen) atoms. The summed E-state index contributed by atoms with van der Waals surface area (Å²) in [5, 5.41) is 11.4. The van der Waals surface area contributed by atoms with Crippen LogP contribution in [-0.2, 0) is 6.54 Å². The van der Waals surface area contributed by atoms with E-state index in [1.165, 1.54) is 6.33 Å². The molecule has 5 rings (SSSR count). The third-order valence-corrected chi connectivity index (χ3v) is 5.18. The first kappa shape index (κ1) is 20.0. The second-order valence-electron chi connectivity index (χ2n) is 7.38. The first-order valence-electron chi connectivity index (χ1n) is 10.1. The molecule has 0 fully saturated rings. The molecule has 0 aliphatic carbocycles. The van der Waals surface area contributed by atoms with Gasteiger partial charge in [-0.05, 0) is 29.3 Å². The number of carbonyl (C=O) groups excluding carboxylic acids is 1. The minimum absolute atomic E-state index is 0.226. The fraction of sp³-hybridized carbons (Fsp3) is 0.0417. The van der Waals surface area contributed by atoms with Crippen molar-refractivity contribution in [3.8, 4) is 11.3 Å². The van der Waals surface area contributed by atoms with E-state index in [0.29, 0.717) is 34.7 Å². The summed E-state index contributed by atoms with van der Waals surface area (Å²) in [7, 11) is 0. The summed E-state index contributed by atoms with van der Waals surface area (Å²) in [5.74, 6) is -0.0415. The molecule has 0 saturated carbocycles. The molecule has 0 aliphatic rings. The average Bonchev–Trinajstić information content (AvgIpc) is 3.44. The Morgan fingerprint density at radius 3 is 2.76 bits per heavy atom. The van der Waals surface area contributed by atoms with Gasteiger partial charge >= 0.3 is 0 Å². The van der Waals surface area contributed by atoms with Gasteiger partial charge in [-0.25, -0.2) is 14.3 Å². The lowest BCUT2D eigenvalue weighted by Gasteiger charge is -2.07. The molecule has 160 valence electrons. The van der Waals surface area contributed by atoms with Gasteiger partial charge in [0.15, 0.2) is 0 Å². The van der Waals surface area contributed by atoms with Crippen molar-refractivity contribution in [2.45, 2.75) is 6.54 Å². The molecule has 0 spiro atoms. The number of aromatic nitrogens is 5. The van der Waals surface area contributed by atoms with E-state index >= 15 is 0 Å². The predicted octanol–water partition coefficient (Wildman–Crippen LogP) is 4.03. The lowest BCUT2D eigenvalue weighted by atomic mass is 10.1. The summed E-state index contributed by atoms with van der Waals surface area (Å²) in [6, 6.07) is 18.8. The van der Waals surface area contributed by atoms with E-state index in [4.69, 9.17) is 12.3 Å².